The number of para-hydroxylation sites is 2. The molecule has 4 rings (SSSR count). The number of hydrogen-bond acceptors (Lipinski definition) is 8. The molecule has 8 nitrogen and oxygen atoms in total. The van der Waals surface area contributed by atoms with Crippen molar-refractivity contribution in [1.82, 2.24) is 9.97 Å². The molecule has 0 atom stereocenters. The SMILES string of the molecule is COc1cc(Nc2nc3ccccc3nc2NS(=O)(=O)c2csc(Cl)c2Cl)cc(OC)c1. The minimum absolute atomic E-state index is 0.0103. The number of halogens is 2. The van der Waals surface area contributed by atoms with E-state index in [9.17, 15) is 8.42 Å². The topological polar surface area (TPSA) is 102 Å². The normalized spacial score (nSPS) is 11.4. The smallest absolute Gasteiger partial charge is 0.265 e. The van der Waals surface area contributed by atoms with Crippen molar-refractivity contribution in [1.29, 1.82) is 0 Å². The van der Waals surface area contributed by atoms with Crippen LogP contribution in [0.5, 0.6) is 11.5 Å². The molecule has 2 aromatic carbocycles. The zero-order valence-corrected chi connectivity index (χ0v) is 19.9. The zero-order valence-electron chi connectivity index (χ0n) is 16.7. The van der Waals surface area contributed by atoms with Crippen molar-refractivity contribution in [2.75, 3.05) is 24.3 Å². The van der Waals surface area contributed by atoms with Crippen molar-refractivity contribution in [3.63, 3.8) is 0 Å². The molecular formula is C20H16Cl2N4O4S2. The number of ether oxygens (including phenoxy) is 2. The number of thiophene rings is 1. The molecule has 32 heavy (non-hydrogen) atoms. The Bertz CT molecular complexity index is 1390. The lowest BCUT2D eigenvalue weighted by Gasteiger charge is -2.15. The van der Waals surface area contributed by atoms with Gasteiger partial charge in [0.2, 0.25) is 0 Å². The summed E-state index contributed by atoms with van der Waals surface area (Å²) in [6.07, 6.45) is 0. The van der Waals surface area contributed by atoms with Gasteiger partial charge in [0.25, 0.3) is 10.0 Å². The van der Waals surface area contributed by atoms with Crippen LogP contribution in [-0.2, 0) is 10.0 Å². The number of benzene rings is 2. The molecule has 2 N–H and O–H groups in total. The van der Waals surface area contributed by atoms with E-state index in [0.717, 1.165) is 11.3 Å². The first kappa shape index (κ1) is 22.4. The van der Waals surface area contributed by atoms with Crippen LogP contribution in [0.25, 0.3) is 11.0 Å². The van der Waals surface area contributed by atoms with Crippen molar-refractivity contribution >= 4 is 72.9 Å². The molecule has 0 amide bonds. The molecule has 0 aliphatic heterocycles. The summed E-state index contributed by atoms with van der Waals surface area (Å²) in [6.45, 7) is 0. The van der Waals surface area contributed by atoms with Crippen LogP contribution in [0.2, 0.25) is 9.36 Å². The van der Waals surface area contributed by atoms with Crippen LogP contribution >= 0.6 is 34.5 Å². The Labute approximate surface area is 198 Å². The first-order chi connectivity index (χ1) is 15.3. The van der Waals surface area contributed by atoms with Crippen molar-refractivity contribution in [2.45, 2.75) is 4.90 Å². The van der Waals surface area contributed by atoms with Crippen LogP contribution in [0, 0.1) is 0 Å². The van der Waals surface area contributed by atoms with E-state index >= 15 is 0 Å². The predicted molar refractivity (Wildman–Crippen MR) is 128 cm³/mol. The van der Waals surface area contributed by atoms with Crippen molar-refractivity contribution in [3.8, 4) is 11.5 Å². The quantitative estimate of drug-likeness (QED) is 0.335. The highest BCUT2D eigenvalue weighted by molar-refractivity contribution is 7.93. The van der Waals surface area contributed by atoms with E-state index in [1.807, 2.05) is 6.07 Å². The molecule has 0 saturated heterocycles. The molecule has 4 aromatic rings. The number of nitrogens with one attached hydrogen (secondary N) is 2. The van der Waals surface area contributed by atoms with Gasteiger partial charge in [0.05, 0.1) is 30.3 Å². The van der Waals surface area contributed by atoms with Gasteiger partial charge in [-0.05, 0) is 12.1 Å². The average Bonchev–Trinajstić information content (AvgIpc) is 3.12. The number of hydrogen-bond donors (Lipinski definition) is 2. The Morgan fingerprint density at radius 2 is 1.53 bits per heavy atom. The maximum Gasteiger partial charge on any atom is 0.265 e. The predicted octanol–water partition coefficient (Wildman–Crippen LogP) is 5.56. The van der Waals surface area contributed by atoms with E-state index in [2.05, 4.69) is 20.0 Å². The number of sulfonamides is 1. The molecule has 0 aliphatic rings. The van der Waals surface area contributed by atoms with Gasteiger partial charge in [-0.1, -0.05) is 35.3 Å². The third kappa shape index (κ3) is 4.53. The van der Waals surface area contributed by atoms with E-state index < -0.39 is 10.0 Å². The summed E-state index contributed by atoms with van der Waals surface area (Å²) in [5.41, 5.74) is 1.64. The monoisotopic (exact) mass is 510 g/mol. The largest absolute Gasteiger partial charge is 0.497 e. The minimum atomic E-state index is -4.08. The fourth-order valence-electron chi connectivity index (χ4n) is 2.84. The summed E-state index contributed by atoms with van der Waals surface area (Å²) in [6, 6.07) is 12.2. The van der Waals surface area contributed by atoms with Gasteiger partial charge in [-0.3, -0.25) is 4.72 Å². The summed E-state index contributed by atoms with van der Waals surface area (Å²) < 4.78 is 39.2. The first-order valence-corrected chi connectivity index (χ1v) is 12.1. The van der Waals surface area contributed by atoms with Gasteiger partial charge in [-0.15, -0.1) is 11.3 Å². The third-order valence-corrected chi connectivity index (χ3v) is 7.81. The minimum Gasteiger partial charge on any atom is -0.497 e. The molecule has 12 heteroatoms. The lowest BCUT2D eigenvalue weighted by molar-refractivity contribution is 0.395. The van der Waals surface area contributed by atoms with Gasteiger partial charge < -0.3 is 14.8 Å². The van der Waals surface area contributed by atoms with Crippen molar-refractivity contribution in [2.24, 2.45) is 0 Å². The van der Waals surface area contributed by atoms with Crippen LogP contribution in [-0.4, -0.2) is 32.6 Å². The molecule has 2 aromatic heterocycles. The highest BCUT2D eigenvalue weighted by atomic mass is 35.5. The highest BCUT2D eigenvalue weighted by Crippen LogP contribution is 2.37. The van der Waals surface area contributed by atoms with Crippen molar-refractivity contribution in [3.05, 3.63) is 57.2 Å². The lowest BCUT2D eigenvalue weighted by Crippen LogP contribution is -2.15. The number of rotatable bonds is 7. The van der Waals surface area contributed by atoms with E-state index in [0.29, 0.717) is 28.2 Å². The van der Waals surface area contributed by atoms with Gasteiger partial charge in [-0.2, -0.15) is 0 Å². The summed E-state index contributed by atoms with van der Waals surface area (Å²) in [5, 5.41) is 4.40. The first-order valence-electron chi connectivity index (χ1n) is 9.03. The highest BCUT2D eigenvalue weighted by Gasteiger charge is 2.24. The van der Waals surface area contributed by atoms with Crippen LogP contribution < -0.4 is 19.5 Å². The van der Waals surface area contributed by atoms with Gasteiger partial charge >= 0.3 is 0 Å². The Morgan fingerprint density at radius 3 is 2.06 bits per heavy atom. The van der Waals surface area contributed by atoms with Gasteiger partial charge in [0.1, 0.15) is 20.7 Å². The maximum atomic E-state index is 13.0. The average molecular weight is 511 g/mol. The summed E-state index contributed by atoms with van der Waals surface area (Å²) >= 11 is 13.0. The Kier molecular flexibility index (Phi) is 6.29. The molecule has 0 spiro atoms. The molecular weight excluding hydrogens is 495 g/mol. The maximum absolute atomic E-state index is 13.0. The van der Waals surface area contributed by atoms with Crippen LogP contribution in [0.3, 0.4) is 0 Å². The lowest BCUT2D eigenvalue weighted by atomic mass is 10.2. The molecule has 0 saturated carbocycles. The summed E-state index contributed by atoms with van der Waals surface area (Å²) in [7, 11) is -1.02. The third-order valence-electron chi connectivity index (χ3n) is 4.36. The number of aromatic nitrogens is 2. The fourth-order valence-corrected chi connectivity index (χ4v) is 5.80. The van der Waals surface area contributed by atoms with Crippen LogP contribution in [0.1, 0.15) is 0 Å². The number of methoxy groups -OCH3 is 2. The molecule has 2 heterocycles. The van der Waals surface area contributed by atoms with E-state index in [1.54, 1.807) is 36.4 Å². The van der Waals surface area contributed by atoms with Crippen LogP contribution in [0.4, 0.5) is 17.3 Å². The molecule has 0 unspecified atom stereocenters. The Hall–Kier alpha value is -2.79. The Morgan fingerprint density at radius 1 is 0.938 bits per heavy atom. The van der Waals surface area contributed by atoms with Crippen LogP contribution in [0.15, 0.2) is 52.7 Å². The van der Waals surface area contributed by atoms with Crippen molar-refractivity contribution < 1.29 is 17.9 Å². The number of nitrogens with zero attached hydrogens (tertiary/aromatic N) is 2. The second-order valence-corrected chi connectivity index (χ2v) is 9.94. The van der Waals surface area contributed by atoms with E-state index in [-0.39, 0.29) is 25.9 Å². The summed E-state index contributed by atoms with van der Waals surface area (Å²) in [5.74, 6) is 1.26. The van der Waals surface area contributed by atoms with Gasteiger partial charge in [0, 0.05) is 29.3 Å². The number of fused-ring (bicyclic) bond motifs is 1. The summed E-state index contributed by atoms with van der Waals surface area (Å²) in [4.78, 5) is 8.86. The molecule has 0 aliphatic carbocycles. The number of anilines is 3. The fraction of sp³-hybridized carbons (Fsp3) is 0.100. The Balaban J connectivity index is 1.80. The van der Waals surface area contributed by atoms with E-state index in [1.165, 1.54) is 19.6 Å². The molecule has 166 valence electrons. The van der Waals surface area contributed by atoms with Gasteiger partial charge in [0.15, 0.2) is 11.6 Å². The zero-order chi connectivity index (χ0) is 22.9. The molecule has 0 fully saturated rings. The standard InChI is InChI=1S/C20H16Cl2N4O4S2/c1-29-12-7-11(8-13(9-12)30-2)23-19-20(25-15-6-4-3-5-14(15)24-19)26-32(27,28)16-10-31-18(22)17(16)21/h3-10H,1-2H3,(H,23,24)(H,25,26). The molecule has 0 bridgehead atoms. The van der Waals surface area contributed by atoms with E-state index in [4.69, 9.17) is 32.7 Å². The second kappa shape index (κ2) is 8.99. The molecule has 0 radical (unpaired) electrons. The second-order valence-electron chi connectivity index (χ2n) is 6.43. The van der Waals surface area contributed by atoms with Gasteiger partial charge in [-0.25, -0.2) is 18.4 Å².